The van der Waals surface area contributed by atoms with E-state index < -0.39 is 0 Å². The fourth-order valence-corrected chi connectivity index (χ4v) is 1.44. The summed E-state index contributed by atoms with van der Waals surface area (Å²) in [5.74, 6) is 0.0602. The molecule has 1 heterocycles. The number of halogens is 1. The number of aromatic amines is 1. The summed E-state index contributed by atoms with van der Waals surface area (Å²) in [6, 6.07) is 0. The average Bonchev–Trinajstić information content (AvgIpc) is 2.48. The summed E-state index contributed by atoms with van der Waals surface area (Å²) >= 11 is 3.33. The molecule has 2 nitrogen and oxygen atoms in total. The van der Waals surface area contributed by atoms with Crippen molar-refractivity contribution in [3.8, 4) is 0 Å². The number of allylic oxidation sites excluding steroid dienone is 2. The van der Waals surface area contributed by atoms with Gasteiger partial charge in [-0.1, -0.05) is 28.6 Å². The van der Waals surface area contributed by atoms with Crippen molar-refractivity contribution < 1.29 is 4.79 Å². The van der Waals surface area contributed by atoms with Gasteiger partial charge in [0.1, 0.15) is 0 Å². The minimum absolute atomic E-state index is 0.0602. The van der Waals surface area contributed by atoms with Crippen LogP contribution in [0.25, 0.3) is 6.08 Å². The zero-order valence-electron chi connectivity index (χ0n) is 8.23. The molecule has 0 atom stereocenters. The van der Waals surface area contributed by atoms with Gasteiger partial charge in [0, 0.05) is 27.5 Å². The summed E-state index contributed by atoms with van der Waals surface area (Å²) in [7, 11) is 0. The average molecular weight is 254 g/mol. The number of aromatic nitrogens is 1. The van der Waals surface area contributed by atoms with Crippen LogP contribution in [0.2, 0.25) is 0 Å². The van der Waals surface area contributed by atoms with Crippen LogP contribution >= 0.6 is 15.9 Å². The molecule has 74 valence electrons. The monoisotopic (exact) mass is 253 g/mol. The molecule has 0 spiro atoms. The number of H-pyrrole nitrogens is 1. The normalized spacial score (nSPS) is 11.5. The first-order valence-electron chi connectivity index (χ1n) is 4.24. The lowest BCUT2D eigenvalue weighted by atomic mass is 10.1. The van der Waals surface area contributed by atoms with Gasteiger partial charge in [-0.15, -0.1) is 0 Å². The molecular weight excluding hydrogens is 242 g/mol. The van der Waals surface area contributed by atoms with Crippen LogP contribution < -0.4 is 0 Å². The molecule has 0 bridgehead atoms. The van der Waals surface area contributed by atoms with Gasteiger partial charge >= 0.3 is 0 Å². The van der Waals surface area contributed by atoms with Crippen molar-refractivity contribution in [2.75, 3.05) is 0 Å². The maximum atomic E-state index is 11.3. The summed E-state index contributed by atoms with van der Waals surface area (Å²) in [5, 5.41) is 0. The van der Waals surface area contributed by atoms with E-state index in [0.29, 0.717) is 5.56 Å². The Bertz CT molecular complexity index is 401. The first-order chi connectivity index (χ1) is 6.56. The lowest BCUT2D eigenvalue weighted by molar-refractivity contribution is 0.101. The second-order valence-corrected chi connectivity index (χ2v) is 3.95. The minimum Gasteiger partial charge on any atom is -0.364 e. The highest BCUT2D eigenvalue weighted by Gasteiger charge is 2.09. The molecule has 1 aromatic heterocycles. The van der Waals surface area contributed by atoms with Gasteiger partial charge in [-0.05, 0) is 19.9 Å². The Morgan fingerprint density at radius 1 is 1.64 bits per heavy atom. The highest BCUT2D eigenvalue weighted by atomic mass is 79.9. The summed E-state index contributed by atoms with van der Waals surface area (Å²) in [5.41, 5.74) is 2.61. The number of rotatable bonds is 3. The molecule has 14 heavy (non-hydrogen) atoms. The molecule has 1 aromatic rings. The van der Waals surface area contributed by atoms with Gasteiger partial charge in [0.2, 0.25) is 0 Å². The van der Waals surface area contributed by atoms with Crippen molar-refractivity contribution in [1.82, 2.24) is 4.98 Å². The molecule has 0 saturated heterocycles. The van der Waals surface area contributed by atoms with E-state index in [1.54, 1.807) is 19.2 Å². The Hall–Kier alpha value is -1.09. The molecule has 0 amide bonds. The third-order valence-electron chi connectivity index (χ3n) is 1.98. The van der Waals surface area contributed by atoms with Crippen molar-refractivity contribution >= 4 is 27.8 Å². The maximum absolute atomic E-state index is 11.3. The van der Waals surface area contributed by atoms with Crippen LogP contribution in [0.5, 0.6) is 0 Å². The van der Waals surface area contributed by atoms with E-state index in [9.17, 15) is 4.79 Å². The molecule has 0 unspecified atom stereocenters. The Labute approximate surface area is 91.8 Å². The molecule has 1 rings (SSSR count). The van der Waals surface area contributed by atoms with Gasteiger partial charge in [0.25, 0.3) is 0 Å². The topological polar surface area (TPSA) is 32.9 Å². The van der Waals surface area contributed by atoms with Crippen LogP contribution in [-0.2, 0) is 0 Å². The van der Waals surface area contributed by atoms with Crippen molar-refractivity contribution in [3.63, 3.8) is 0 Å². The highest BCUT2D eigenvalue weighted by Crippen LogP contribution is 2.20. The first-order valence-corrected chi connectivity index (χ1v) is 5.04. The number of ketones is 1. The quantitative estimate of drug-likeness (QED) is 0.650. The van der Waals surface area contributed by atoms with Gasteiger partial charge in [-0.3, -0.25) is 4.79 Å². The highest BCUT2D eigenvalue weighted by molar-refractivity contribution is 9.12. The molecule has 3 heteroatoms. The number of hydrogen-bond acceptors (Lipinski definition) is 1. The number of carbonyl (C=O) groups excluding carboxylic acids is 1. The third-order valence-corrected chi connectivity index (χ3v) is 2.54. The van der Waals surface area contributed by atoms with E-state index in [4.69, 9.17) is 0 Å². The second kappa shape index (κ2) is 4.42. The molecule has 0 fully saturated rings. The summed E-state index contributed by atoms with van der Waals surface area (Å²) in [6.07, 6.45) is 5.30. The molecule has 0 aliphatic rings. The van der Waals surface area contributed by atoms with Gasteiger partial charge < -0.3 is 4.98 Å². The minimum atomic E-state index is 0.0602. The number of aryl methyl sites for hydroxylation is 1. The van der Waals surface area contributed by atoms with Gasteiger partial charge in [0.15, 0.2) is 5.78 Å². The third kappa shape index (κ3) is 2.23. The van der Waals surface area contributed by atoms with Crippen LogP contribution in [0.4, 0.5) is 0 Å². The molecule has 0 aromatic carbocycles. The molecule has 1 N–H and O–H groups in total. The zero-order chi connectivity index (χ0) is 10.7. The summed E-state index contributed by atoms with van der Waals surface area (Å²) in [4.78, 5) is 14.3. The molecule has 0 saturated carbocycles. The van der Waals surface area contributed by atoms with E-state index in [1.807, 2.05) is 13.0 Å². The Kier molecular flexibility index (Phi) is 3.47. The number of Topliss-reactive ketones (excluding diaryl/α,β-unsaturated/α-hetero) is 1. The number of carbonyl (C=O) groups is 1. The van der Waals surface area contributed by atoms with E-state index in [-0.39, 0.29) is 5.78 Å². The van der Waals surface area contributed by atoms with E-state index in [1.165, 1.54) is 0 Å². The zero-order valence-corrected chi connectivity index (χ0v) is 9.81. The Morgan fingerprint density at radius 3 is 2.79 bits per heavy atom. The van der Waals surface area contributed by atoms with Gasteiger partial charge in [0.05, 0.1) is 0 Å². The predicted octanol–water partition coefficient (Wildman–Crippen LogP) is 3.45. The van der Waals surface area contributed by atoms with Gasteiger partial charge in [-0.2, -0.15) is 0 Å². The van der Waals surface area contributed by atoms with Crippen molar-refractivity contribution in [2.45, 2.75) is 13.8 Å². The van der Waals surface area contributed by atoms with Crippen LogP contribution in [-0.4, -0.2) is 10.8 Å². The first kappa shape index (κ1) is 11.0. The standard InChI is InChI=1S/C11H12BrNO/c1-4-9(12)5-10-7(2)13-6-11(10)8(3)14/h4-6,13H,1H2,2-3H3/b9-5+. The van der Waals surface area contributed by atoms with E-state index in [0.717, 1.165) is 15.7 Å². The van der Waals surface area contributed by atoms with Crippen molar-refractivity contribution in [3.05, 3.63) is 40.2 Å². The fraction of sp³-hybridized carbons (Fsp3) is 0.182. The van der Waals surface area contributed by atoms with E-state index in [2.05, 4.69) is 27.5 Å². The smallest absolute Gasteiger partial charge is 0.161 e. The fourth-order valence-electron chi connectivity index (χ4n) is 1.21. The summed E-state index contributed by atoms with van der Waals surface area (Å²) < 4.78 is 0.864. The largest absolute Gasteiger partial charge is 0.364 e. The molecule has 0 aliphatic heterocycles. The van der Waals surface area contributed by atoms with Crippen LogP contribution in [0.15, 0.2) is 23.3 Å². The van der Waals surface area contributed by atoms with Crippen LogP contribution in [0, 0.1) is 6.92 Å². The number of hydrogen-bond donors (Lipinski definition) is 1. The van der Waals surface area contributed by atoms with Gasteiger partial charge in [-0.25, -0.2) is 0 Å². The second-order valence-electron chi connectivity index (χ2n) is 3.03. The maximum Gasteiger partial charge on any atom is 0.161 e. The molecular formula is C11H12BrNO. The van der Waals surface area contributed by atoms with Crippen molar-refractivity contribution in [2.24, 2.45) is 0 Å². The number of nitrogens with one attached hydrogen (secondary N) is 1. The van der Waals surface area contributed by atoms with Crippen LogP contribution in [0.3, 0.4) is 0 Å². The SMILES string of the molecule is C=C/C(Br)=C\c1c(C(C)=O)c[nH]c1C. The summed E-state index contributed by atoms with van der Waals surface area (Å²) in [6.45, 7) is 7.12. The van der Waals surface area contributed by atoms with Crippen LogP contribution in [0.1, 0.15) is 28.5 Å². The molecule has 0 radical (unpaired) electrons. The van der Waals surface area contributed by atoms with E-state index >= 15 is 0 Å². The predicted molar refractivity (Wildman–Crippen MR) is 62.6 cm³/mol. The lowest BCUT2D eigenvalue weighted by Crippen LogP contribution is -1.92. The molecule has 0 aliphatic carbocycles. The lowest BCUT2D eigenvalue weighted by Gasteiger charge is -1.96. The Morgan fingerprint density at radius 2 is 2.29 bits per heavy atom. The van der Waals surface area contributed by atoms with Crippen molar-refractivity contribution in [1.29, 1.82) is 0 Å². The Balaban J connectivity index is 3.24.